The van der Waals surface area contributed by atoms with E-state index < -0.39 is 25.7 Å². The fourth-order valence-corrected chi connectivity index (χ4v) is 10.2. The molecule has 1 unspecified atom stereocenters. The molecule has 6 rings (SSSR count). The lowest BCUT2D eigenvalue weighted by atomic mass is 9.78. The van der Waals surface area contributed by atoms with Crippen LogP contribution in [0.5, 0.6) is 0 Å². The van der Waals surface area contributed by atoms with Crippen LogP contribution >= 0.6 is 11.3 Å². The molecule has 3 atom stereocenters. The molecule has 13 heteroatoms. The first-order valence-electron chi connectivity index (χ1n) is 20.4. The Morgan fingerprint density at radius 2 is 1.78 bits per heavy atom. The molecule has 1 saturated carbocycles. The number of nitrogens with zero attached hydrogens (tertiary/aromatic N) is 6. The maximum Gasteiger partial charge on any atom is 0.243 e. The van der Waals surface area contributed by atoms with Crippen LogP contribution in [0.2, 0.25) is 18.1 Å². The second-order valence-corrected chi connectivity index (χ2v) is 24.9. The van der Waals surface area contributed by atoms with E-state index in [0.717, 1.165) is 80.0 Å². The number of carbonyl (C=O) groups is 2. The molecule has 2 saturated heterocycles. The van der Waals surface area contributed by atoms with Crippen molar-refractivity contribution in [1.82, 2.24) is 35.1 Å². The van der Waals surface area contributed by atoms with Crippen molar-refractivity contribution in [2.45, 2.75) is 136 Å². The molecule has 1 aliphatic carbocycles. The van der Waals surface area contributed by atoms with E-state index in [-0.39, 0.29) is 28.4 Å². The van der Waals surface area contributed by atoms with Gasteiger partial charge in [0.2, 0.25) is 11.8 Å². The number of aryl methyl sites for hydroxylation is 2. The molecule has 302 valence electrons. The SMILES string of the molecule is Cc1ncsc1-c1ccc(CNC(=O)[C@@H]2C[C@@H](O[Si](C)(C)C(C)(C)C)CN2C(=O)C(c2cn(CCC3CCN(CC4(CO)CC4)CC3)nn2)C(C)(C)C)cc1. The number of likely N-dealkylation sites (tertiary alicyclic amines) is 2. The van der Waals surface area contributed by atoms with E-state index in [1.807, 2.05) is 35.4 Å². The van der Waals surface area contributed by atoms with Gasteiger partial charge in [0.1, 0.15) is 6.04 Å². The van der Waals surface area contributed by atoms with Gasteiger partial charge in [-0.3, -0.25) is 14.3 Å². The van der Waals surface area contributed by atoms with Gasteiger partial charge in [0, 0.05) is 50.8 Å². The Morgan fingerprint density at radius 1 is 1.09 bits per heavy atom. The lowest BCUT2D eigenvalue weighted by Crippen LogP contribution is -2.49. The number of benzene rings is 1. The van der Waals surface area contributed by atoms with E-state index in [1.165, 1.54) is 0 Å². The van der Waals surface area contributed by atoms with Gasteiger partial charge in [-0.1, -0.05) is 71.0 Å². The van der Waals surface area contributed by atoms with Crippen LogP contribution in [0.1, 0.15) is 103 Å². The Bertz CT molecular complexity index is 1770. The number of aliphatic hydroxyl groups excluding tert-OH is 1. The minimum Gasteiger partial charge on any atom is -0.412 e. The number of piperidine rings is 1. The van der Waals surface area contributed by atoms with E-state index >= 15 is 0 Å². The topological polar surface area (TPSA) is 126 Å². The largest absolute Gasteiger partial charge is 0.412 e. The van der Waals surface area contributed by atoms with Crippen LogP contribution in [0.15, 0.2) is 36.0 Å². The van der Waals surface area contributed by atoms with Crippen LogP contribution in [0.4, 0.5) is 0 Å². The molecule has 2 aliphatic heterocycles. The maximum atomic E-state index is 14.8. The van der Waals surface area contributed by atoms with Crippen LogP contribution in [0.3, 0.4) is 0 Å². The molecule has 3 fully saturated rings. The molecular formula is C42H65N7O4SSi. The molecular weight excluding hydrogens is 727 g/mol. The summed E-state index contributed by atoms with van der Waals surface area (Å²) in [6.45, 7) is 24.3. The Morgan fingerprint density at radius 3 is 2.36 bits per heavy atom. The van der Waals surface area contributed by atoms with Gasteiger partial charge in [-0.2, -0.15) is 0 Å². The summed E-state index contributed by atoms with van der Waals surface area (Å²) in [5.74, 6) is -0.220. The lowest BCUT2D eigenvalue weighted by molar-refractivity contribution is -0.141. The van der Waals surface area contributed by atoms with Gasteiger partial charge < -0.3 is 24.6 Å². The average molecular weight is 792 g/mol. The summed E-state index contributed by atoms with van der Waals surface area (Å²) < 4.78 is 8.76. The molecule has 2 N–H and O–H groups in total. The molecule has 4 heterocycles. The van der Waals surface area contributed by atoms with E-state index in [0.29, 0.717) is 37.7 Å². The predicted octanol–water partition coefficient (Wildman–Crippen LogP) is 7.02. The van der Waals surface area contributed by atoms with Gasteiger partial charge >= 0.3 is 0 Å². The third kappa shape index (κ3) is 9.95. The van der Waals surface area contributed by atoms with Crippen LogP contribution in [0, 0.1) is 23.7 Å². The zero-order valence-electron chi connectivity index (χ0n) is 34.7. The third-order valence-electron chi connectivity index (χ3n) is 12.8. The summed E-state index contributed by atoms with van der Waals surface area (Å²) >= 11 is 1.62. The van der Waals surface area contributed by atoms with E-state index in [1.54, 1.807) is 16.2 Å². The molecule has 3 aromatic rings. The Kier molecular flexibility index (Phi) is 12.5. The number of rotatable bonds is 14. The van der Waals surface area contributed by atoms with Crippen molar-refractivity contribution in [3.05, 3.63) is 52.9 Å². The van der Waals surface area contributed by atoms with Gasteiger partial charge in [-0.25, -0.2) is 4.98 Å². The highest BCUT2D eigenvalue weighted by Crippen LogP contribution is 2.46. The van der Waals surface area contributed by atoms with Crippen molar-refractivity contribution in [2.24, 2.45) is 16.7 Å². The molecule has 0 spiro atoms. The van der Waals surface area contributed by atoms with Crippen molar-refractivity contribution in [3.8, 4) is 10.4 Å². The number of hydrogen-bond donors (Lipinski definition) is 2. The highest BCUT2D eigenvalue weighted by atomic mass is 32.1. The van der Waals surface area contributed by atoms with Crippen molar-refractivity contribution in [2.75, 3.05) is 32.8 Å². The third-order valence-corrected chi connectivity index (χ3v) is 18.3. The molecule has 11 nitrogen and oxygen atoms in total. The molecule has 2 amide bonds. The minimum absolute atomic E-state index is 0.00509. The first-order valence-corrected chi connectivity index (χ1v) is 24.2. The quantitative estimate of drug-likeness (QED) is 0.167. The molecule has 0 radical (unpaired) electrons. The van der Waals surface area contributed by atoms with Crippen molar-refractivity contribution in [3.63, 3.8) is 0 Å². The zero-order valence-corrected chi connectivity index (χ0v) is 36.5. The fourth-order valence-electron chi connectivity index (χ4n) is 8.06. The summed E-state index contributed by atoms with van der Waals surface area (Å²) in [6.07, 6.45) is 7.80. The molecule has 0 bridgehead atoms. The lowest BCUT2D eigenvalue weighted by Gasteiger charge is -2.38. The van der Waals surface area contributed by atoms with E-state index in [9.17, 15) is 14.7 Å². The van der Waals surface area contributed by atoms with Crippen LogP contribution in [-0.2, 0) is 27.1 Å². The Labute approximate surface area is 333 Å². The van der Waals surface area contributed by atoms with Crippen LogP contribution in [-0.4, -0.2) is 99.9 Å². The van der Waals surface area contributed by atoms with E-state index in [4.69, 9.17) is 4.43 Å². The molecule has 55 heavy (non-hydrogen) atoms. The highest BCUT2D eigenvalue weighted by Gasteiger charge is 2.49. The minimum atomic E-state index is -2.18. The monoisotopic (exact) mass is 791 g/mol. The standard InChI is InChI=1S/C42H65N7O4SSi/c1-29-37(54-28-44-29)32-12-10-31(11-13-32)23-43-38(51)35-22-33(53-55(8,9)41(5,6)7)24-49(35)39(52)36(40(2,3)4)34-25-48(46-45-34)21-16-30-14-19-47(20-15-30)26-42(27-50)17-18-42/h10-13,25,28,30,33,35-36,50H,14-24,26-27H2,1-9H3,(H,43,51)/t33-,35+,36?/m1/s1. The smallest absolute Gasteiger partial charge is 0.243 e. The zero-order chi connectivity index (χ0) is 39.8. The first kappa shape index (κ1) is 41.7. The number of carbonyl (C=O) groups excluding carboxylic acids is 2. The highest BCUT2D eigenvalue weighted by molar-refractivity contribution is 7.13. The van der Waals surface area contributed by atoms with E-state index in [2.05, 4.69) is 92.3 Å². The first-order chi connectivity index (χ1) is 25.9. The normalized spacial score (nSPS) is 21.5. The number of hydrogen-bond acceptors (Lipinski definition) is 9. The van der Waals surface area contributed by atoms with Crippen LogP contribution < -0.4 is 5.32 Å². The Balaban J connectivity index is 1.13. The van der Waals surface area contributed by atoms with Gasteiger partial charge in [-0.05, 0) is 92.7 Å². The van der Waals surface area contributed by atoms with Crippen LogP contribution in [0.25, 0.3) is 10.4 Å². The number of amides is 2. The second kappa shape index (κ2) is 16.5. The second-order valence-electron chi connectivity index (χ2n) is 19.3. The summed E-state index contributed by atoms with van der Waals surface area (Å²) in [6, 6.07) is 7.58. The number of thiazole rings is 1. The maximum absolute atomic E-state index is 14.8. The van der Waals surface area contributed by atoms with Gasteiger partial charge in [0.15, 0.2) is 8.32 Å². The van der Waals surface area contributed by atoms with Crippen molar-refractivity contribution in [1.29, 1.82) is 0 Å². The van der Waals surface area contributed by atoms with Crippen molar-refractivity contribution < 1.29 is 19.1 Å². The number of nitrogens with one attached hydrogen (secondary N) is 1. The average Bonchev–Trinajstić information content (AvgIpc) is 3.40. The van der Waals surface area contributed by atoms with Gasteiger partial charge in [0.25, 0.3) is 0 Å². The predicted molar refractivity (Wildman–Crippen MR) is 221 cm³/mol. The number of aliphatic hydroxyl groups is 1. The van der Waals surface area contributed by atoms with Gasteiger partial charge in [0.05, 0.1) is 33.8 Å². The summed E-state index contributed by atoms with van der Waals surface area (Å²) in [5, 5.41) is 22.0. The molecule has 3 aliphatic rings. The molecule has 1 aromatic carbocycles. The van der Waals surface area contributed by atoms with Crippen molar-refractivity contribution >= 4 is 31.5 Å². The number of aromatic nitrogens is 4. The summed E-state index contributed by atoms with van der Waals surface area (Å²) in [7, 11) is -2.18. The Hall–Kier alpha value is -2.97. The fraction of sp³-hybridized carbons (Fsp3) is 0.690. The van der Waals surface area contributed by atoms with Gasteiger partial charge in [-0.15, -0.1) is 16.4 Å². The summed E-state index contributed by atoms with van der Waals surface area (Å²) in [5.41, 5.74) is 5.32. The molecule has 2 aromatic heterocycles. The summed E-state index contributed by atoms with van der Waals surface area (Å²) in [4.78, 5) is 38.8.